The second-order valence-corrected chi connectivity index (χ2v) is 8.73. The molecular weight excluding hydrogens is 423 g/mol. The van der Waals surface area contributed by atoms with E-state index in [-0.39, 0.29) is 12.3 Å². The Morgan fingerprint density at radius 3 is 2.73 bits per heavy atom. The van der Waals surface area contributed by atoms with E-state index in [1.54, 1.807) is 4.68 Å². The second kappa shape index (κ2) is 7.86. The lowest BCUT2D eigenvalue weighted by Gasteiger charge is -2.31. The van der Waals surface area contributed by atoms with Crippen molar-refractivity contribution in [2.45, 2.75) is 25.0 Å². The first-order valence-electron chi connectivity index (χ1n) is 11.1. The largest absolute Gasteiger partial charge is 0.299 e. The van der Waals surface area contributed by atoms with Gasteiger partial charge in [0.05, 0.1) is 17.3 Å². The highest BCUT2D eigenvalue weighted by atomic mass is 19.1. The molecule has 0 saturated carbocycles. The summed E-state index contributed by atoms with van der Waals surface area (Å²) in [5, 5.41) is 4.25. The first-order valence-corrected chi connectivity index (χ1v) is 11.1. The Balaban J connectivity index is 1.45. The first kappa shape index (κ1) is 20.2. The molecule has 168 valence electrons. The highest BCUT2D eigenvalue weighted by molar-refractivity contribution is 6.20. The van der Waals surface area contributed by atoms with Gasteiger partial charge >= 0.3 is 0 Å². The van der Waals surface area contributed by atoms with Crippen molar-refractivity contribution in [3.8, 4) is 0 Å². The first-order chi connectivity index (χ1) is 16.1. The van der Waals surface area contributed by atoms with Crippen molar-refractivity contribution in [1.82, 2.24) is 19.7 Å². The lowest BCUT2D eigenvalue weighted by atomic mass is 9.83. The molecule has 0 radical (unpaired) electrons. The van der Waals surface area contributed by atoms with Gasteiger partial charge in [0.1, 0.15) is 30.6 Å². The minimum Gasteiger partial charge on any atom is -0.299 e. The van der Waals surface area contributed by atoms with Gasteiger partial charge in [-0.25, -0.2) is 9.37 Å². The summed E-state index contributed by atoms with van der Waals surface area (Å²) < 4.78 is 16.0. The molecule has 8 nitrogen and oxygen atoms in total. The molecule has 33 heavy (non-hydrogen) atoms. The Morgan fingerprint density at radius 2 is 2.03 bits per heavy atom. The van der Waals surface area contributed by atoms with Gasteiger partial charge < -0.3 is 0 Å². The molecule has 3 aromatic rings. The van der Waals surface area contributed by atoms with Gasteiger partial charge in [0.25, 0.3) is 0 Å². The molecule has 1 N–H and O–H groups in total. The third-order valence-electron chi connectivity index (χ3n) is 6.63. The van der Waals surface area contributed by atoms with E-state index < -0.39 is 17.8 Å². The van der Waals surface area contributed by atoms with E-state index in [4.69, 9.17) is 4.84 Å². The Bertz CT molecular complexity index is 1260. The lowest BCUT2D eigenvalue weighted by molar-refractivity contribution is 0.0920. The molecule has 0 amide bonds. The van der Waals surface area contributed by atoms with Crippen LogP contribution < -0.4 is 5.48 Å². The van der Waals surface area contributed by atoms with E-state index in [0.717, 1.165) is 25.2 Å². The average Bonchev–Trinajstić information content (AvgIpc) is 3.13. The maximum Gasteiger partial charge on any atom is 0.185 e. The number of aromatic nitrogens is 3. The van der Waals surface area contributed by atoms with E-state index in [1.807, 2.05) is 7.05 Å². The van der Waals surface area contributed by atoms with Gasteiger partial charge in [-0.15, -0.1) is 0 Å². The van der Waals surface area contributed by atoms with Crippen molar-refractivity contribution < 1.29 is 14.0 Å². The number of carbonyl (C=O) groups is 1. The quantitative estimate of drug-likeness (QED) is 0.663. The van der Waals surface area contributed by atoms with Gasteiger partial charge in [0.2, 0.25) is 0 Å². The number of nitrogens with zero attached hydrogens (tertiary/aromatic N) is 5. The fraction of sp³-hybridized carbons (Fsp3) is 0.333. The standard InChI is InChI=1S/C24H23FN6O2/c1-30-24(27-13-28-30)21-22-20-17(19(32)11-26-22)9-16(25)10-18(20)29-33-23(21)15-5-3-14(4-6-15)12-31-7-2-8-31/h3-6,9-10,13,21,23,29H,2,7-8,11-12H2,1H3. The molecule has 2 atom stereocenters. The summed E-state index contributed by atoms with van der Waals surface area (Å²) >= 11 is 0. The number of hydrogen-bond acceptors (Lipinski definition) is 7. The number of hydrogen-bond donors (Lipinski definition) is 1. The zero-order valence-electron chi connectivity index (χ0n) is 18.2. The predicted octanol–water partition coefficient (Wildman–Crippen LogP) is 3.03. The van der Waals surface area contributed by atoms with Crippen LogP contribution in [0.3, 0.4) is 0 Å². The lowest BCUT2D eigenvalue weighted by Crippen LogP contribution is -2.36. The molecule has 2 aromatic carbocycles. The average molecular weight is 446 g/mol. The molecule has 1 aromatic heterocycles. The van der Waals surface area contributed by atoms with Crippen LogP contribution in [0.2, 0.25) is 0 Å². The van der Waals surface area contributed by atoms with Gasteiger partial charge in [-0.1, -0.05) is 24.3 Å². The fourth-order valence-corrected chi connectivity index (χ4v) is 4.81. The summed E-state index contributed by atoms with van der Waals surface area (Å²) in [5.74, 6) is -0.507. The number of benzene rings is 2. The van der Waals surface area contributed by atoms with Crippen LogP contribution in [-0.4, -0.2) is 50.8 Å². The molecule has 3 aliphatic rings. The maximum absolute atomic E-state index is 14.3. The van der Waals surface area contributed by atoms with Crippen LogP contribution >= 0.6 is 0 Å². The predicted molar refractivity (Wildman–Crippen MR) is 120 cm³/mol. The number of likely N-dealkylation sites (tertiary alicyclic amines) is 1. The summed E-state index contributed by atoms with van der Waals surface area (Å²) in [7, 11) is 1.81. The van der Waals surface area contributed by atoms with Crippen molar-refractivity contribution in [2.24, 2.45) is 12.0 Å². The molecule has 9 heteroatoms. The van der Waals surface area contributed by atoms with E-state index in [1.165, 1.54) is 30.4 Å². The SMILES string of the molecule is Cn1ncnc1C1C2=NCC(=O)c3cc(F)cc(c32)NOC1c1ccc(CN2CCC2)cc1. The summed E-state index contributed by atoms with van der Waals surface area (Å²) in [6.07, 6.45) is 2.23. The number of anilines is 1. The van der Waals surface area contributed by atoms with Gasteiger partial charge in [-0.2, -0.15) is 5.10 Å². The highest BCUT2D eigenvalue weighted by Gasteiger charge is 2.41. The van der Waals surface area contributed by atoms with Crippen LogP contribution in [0.1, 0.15) is 51.3 Å². The molecule has 0 spiro atoms. The van der Waals surface area contributed by atoms with E-state index in [9.17, 15) is 9.18 Å². The molecule has 1 saturated heterocycles. The minimum atomic E-state index is -0.513. The van der Waals surface area contributed by atoms with Crippen molar-refractivity contribution >= 4 is 17.2 Å². The number of carbonyl (C=O) groups excluding carboxylic acids is 1. The zero-order chi connectivity index (χ0) is 22.5. The number of rotatable bonds is 4. The zero-order valence-corrected chi connectivity index (χ0v) is 18.2. The summed E-state index contributed by atoms with van der Waals surface area (Å²) in [4.78, 5) is 30.3. The topological polar surface area (TPSA) is 84.6 Å². The molecule has 0 bridgehead atoms. The number of aliphatic imine (C=N–C) groups is 1. The Morgan fingerprint density at radius 1 is 1.21 bits per heavy atom. The molecule has 0 aliphatic carbocycles. The van der Waals surface area contributed by atoms with Gasteiger partial charge in [0, 0.05) is 24.7 Å². The maximum atomic E-state index is 14.3. The normalized spacial score (nSPS) is 22.1. The molecule has 4 heterocycles. The van der Waals surface area contributed by atoms with Crippen molar-refractivity contribution in [3.63, 3.8) is 0 Å². The van der Waals surface area contributed by atoms with Gasteiger partial charge in [-0.05, 0) is 42.8 Å². The molecular formula is C24H23FN6O2. The van der Waals surface area contributed by atoms with E-state index in [2.05, 4.69) is 49.7 Å². The molecule has 3 aliphatic heterocycles. The van der Waals surface area contributed by atoms with Crippen LogP contribution in [0.15, 0.2) is 47.7 Å². The van der Waals surface area contributed by atoms with E-state index >= 15 is 0 Å². The van der Waals surface area contributed by atoms with Crippen LogP contribution in [0.25, 0.3) is 0 Å². The summed E-state index contributed by atoms with van der Waals surface area (Å²) in [5.41, 5.74) is 6.99. The third kappa shape index (κ3) is 3.44. The third-order valence-corrected chi connectivity index (χ3v) is 6.63. The number of ketones is 1. The van der Waals surface area contributed by atoms with Gasteiger partial charge in [-0.3, -0.25) is 29.7 Å². The number of nitrogens with one attached hydrogen (secondary N) is 1. The fourth-order valence-electron chi connectivity index (χ4n) is 4.81. The van der Waals surface area contributed by atoms with Crippen LogP contribution in [-0.2, 0) is 18.4 Å². The number of aryl methyl sites for hydroxylation is 1. The molecule has 1 fully saturated rings. The smallest absolute Gasteiger partial charge is 0.185 e. The monoisotopic (exact) mass is 446 g/mol. The molecule has 2 unspecified atom stereocenters. The summed E-state index contributed by atoms with van der Waals surface area (Å²) in [6.45, 7) is 3.17. The summed E-state index contributed by atoms with van der Waals surface area (Å²) in [6, 6.07) is 10.9. The van der Waals surface area contributed by atoms with Crippen LogP contribution in [0.5, 0.6) is 0 Å². The Kier molecular flexibility index (Phi) is 4.81. The van der Waals surface area contributed by atoms with Crippen molar-refractivity contribution in [2.75, 3.05) is 25.1 Å². The second-order valence-electron chi connectivity index (χ2n) is 8.73. The van der Waals surface area contributed by atoms with Gasteiger partial charge in [0.15, 0.2) is 5.78 Å². The Labute approximate surface area is 190 Å². The van der Waals surface area contributed by atoms with Crippen LogP contribution in [0, 0.1) is 5.82 Å². The van der Waals surface area contributed by atoms with Crippen LogP contribution in [0.4, 0.5) is 10.1 Å². The number of halogens is 1. The molecule has 6 rings (SSSR count). The Hall–Kier alpha value is -3.43. The highest BCUT2D eigenvalue weighted by Crippen LogP contribution is 2.43. The van der Waals surface area contributed by atoms with Crippen molar-refractivity contribution in [3.05, 3.63) is 76.6 Å². The number of Topliss-reactive ketones (excluding diaryl/α,β-unsaturated/α-hetero) is 1. The van der Waals surface area contributed by atoms with E-state index in [0.29, 0.717) is 28.4 Å². The minimum absolute atomic E-state index is 0.0406. The van der Waals surface area contributed by atoms with Crippen molar-refractivity contribution in [1.29, 1.82) is 0 Å².